The fraction of sp³-hybridized carbons (Fsp3) is 0.400. The molecule has 4 aromatic rings. The first-order valence-corrected chi connectivity index (χ1v) is 11.2. The van der Waals surface area contributed by atoms with E-state index in [9.17, 15) is 5.11 Å². The minimum Gasteiger partial charge on any atom is -0.507 e. The summed E-state index contributed by atoms with van der Waals surface area (Å²) in [4.78, 5) is 4.23. The average molecular weight is 444 g/mol. The molecule has 1 fully saturated rings. The molecule has 0 bridgehead atoms. The standard InChI is InChI=1S/C25H29N7O/c1-15-10-17(8-9-26-15)16-6-7-19(22(33)11-16)20-12-21-23(29-27-20)32(31-28-21)18-13-24(2,3)30-25(4,5)14-18/h6-12,18,30,33H,13-14H2,1-5H3. The van der Waals surface area contributed by atoms with Crippen LogP contribution in [0.1, 0.15) is 52.3 Å². The van der Waals surface area contributed by atoms with Crippen molar-refractivity contribution < 1.29 is 5.11 Å². The normalized spacial score (nSPS) is 18.0. The first kappa shape index (κ1) is 21.5. The SMILES string of the molecule is Cc1cc(-c2ccc(-c3cc4nnn(C5CC(C)(C)NC(C)(C)C5)c4nn3)c(O)c2)ccn1. The fourth-order valence-electron chi connectivity index (χ4n) is 5.22. The maximum atomic E-state index is 10.7. The van der Waals surface area contributed by atoms with Gasteiger partial charge < -0.3 is 10.4 Å². The van der Waals surface area contributed by atoms with Crippen molar-refractivity contribution in [2.75, 3.05) is 0 Å². The number of nitrogens with one attached hydrogen (secondary N) is 1. The predicted molar refractivity (Wildman–Crippen MR) is 128 cm³/mol. The quantitative estimate of drug-likeness (QED) is 0.482. The van der Waals surface area contributed by atoms with Crippen LogP contribution in [0.2, 0.25) is 0 Å². The lowest BCUT2D eigenvalue weighted by Crippen LogP contribution is -2.58. The molecule has 0 spiro atoms. The van der Waals surface area contributed by atoms with Gasteiger partial charge in [0.1, 0.15) is 11.3 Å². The molecule has 4 heterocycles. The molecule has 0 radical (unpaired) electrons. The Balaban J connectivity index is 1.48. The van der Waals surface area contributed by atoms with Gasteiger partial charge in [0.2, 0.25) is 5.65 Å². The number of hydrogen-bond donors (Lipinski definition) is 2. The smallest absolute Gasteiger partial charge is 0.201 e. The molecule has 8 nitrogen and oxygen atoms in total. The third-order valence-corrected chi connectivity index (χ3v) is 6.24. The number of piperidine rings is 1. The fourth-order valence-corrected chi connectivity index (χ4v) is 5.22. The van der Waals surface area contributed by atoms with Crippen LogP contribution in [0, 0.1) is 6.92 Å². The largest absolute Gasteiger partial charge is 0.507 e. The van der Waals surface area contributed by atoms with Crippen molar-refractivity contribution >= 4 is 11.2 Å². The Hall–Kier alpha value is -3.39. The van der Waals surface area contributed by atoms with E-state index in [1.165, 1.54) is 0 Å². The van der Waals surface area contributed by atoms with Crippen LogP contribution in [0.4, 0.5) is 0 Å². The number of benzene rings is 1. The van der Waals surface area contributed by atoms with Crippen molar-refractivity contribution in [3.05, 3.63) is 48.3 Å². The van der Waals surface area contributed by atoms with Gasteiger partial charge >= 0.3 is 0 Å². The Kier molecular flexibility index (Phi) is 4.93. The van der Waals surface area contributed by atoms with Gasteiger partial charge in [-0.15, -0.1) is 15.3 Å². The van der Waals surface area contributed by atoms with E-state index in [0.29, 0.717) is 22.4 Å². The summed E-state index contributed by atoms with van der Waals surface area (Å²) in [5.74, 6) is 0.143. The van der Waals surface area contributed by atoms with E-state index in [4.69, 9.17) is 0 Å². The van der Waals surface area contributed by atoms with Gasteiger partial charge in [0.15, 0.2) is 0 Å². The van der Waals surface area contributed by atoms with Gasteiger partial charge in [0.05, 0.1) is 11.7 Å². The summed E-state index contributed by atoms with van der Waals surface area (Å²) in [6.45, 7) is 10.8. The lowest BCUT2D eigenvalue weighted by atomic mass is 9.80. The second-order valence-electron chi connectivity index (χ2n) is 10.3. The van der Waals surface area contributed by atoms with E-state index in [2.05, 4.69) is 58.5 Å². The van der Waals surface area contributed by atoms with E-state index in [1.807, 2.05) is 41.9 Å². The zero-order chi connectivity index (χ0) is 23.4. The van der Waals surface area contributed by atoms with Gasteiger partial charge in [0.25, 0.3) is 0 Å². The van der Waals surface area contributed by atoms with Crippen LogP contribution in [0.5, 0.6) is 5.75 Å². The second kappa shape index (κ2) is 7.59. The number of nitrogens with zero attached hydrogens (tertiary/aromatic N) is 6. The molecule has 1 saturated heterocycles. The highest BCUT2D eigenvalue weighted by Gasteiger charge is 2.39. The van der Waals surface area contributed by atoms with Crippen LogP contribution in [-0.2, 0) is 0 Å². The number of aromatic nitrogens is 6. The van der Waals surface area contributed by atoms with E-state index in [-0.39, 0.29) is 22.9 Å². The minimum absolute atomic E-state index is 0.0149. The Bertz CT molecular complexity index is 1330. The molecule has 0 atom stereocenters. The molecule has 0 saturated carbocycles. The Morgan fingerprint density at radius 1 is 0.939 bits per heavy atom. The van der Waals surface area contributed by atoms with Gasteiger partial charge in [-0.1, -0.05) is 11.3 Å². The summed E-state index contributed by atoms with van der Waals surface area (Å²) < 4.78 is 1.91. The van der Waals surface area contributed by atoms with Crippen molar-refractivity contribution in [1.82, 2.24) is 35.5 Å². The van der Waals surface area contributed by atoms with E-state index in [0.717, 1.165) is 29.7 Å². The Morgan fingerprint density at radius 2 is 1.67 bits per heavy atom. The molecule has 0 unspecified atom stereocenters. The van der Waals surface area contributed by atoms with Crippen LogP contribution in [-0.4, -0.2) is 46.4 Å². The van der Waals surface area contributed by atoms with E-state index >= 15 is 0 Å². The van der Waals surface area contributed by atoms with Crippen molar-refractivity contribution in [1.29, 1.82) is 0 Å². The van der Waals surface area contributed by atoms with Crippen molar-refractivity contribution in [3.63, 3.8) is 0 Å². The number of hydrogen-bond acceptors (Lipinski definition) is 7. The van der Waals surface area contributed by atoms with Crippen molar-refractivity contribution in [3.8, 4) is 28.1 Å². The molecule has 170 valence electrons. The van der Waals surface area contributed by atoms with Gasteiger partial charge in [-0.25, -0.2) is 4.68 Å². The lowest BCUT2D eigenvalue weighted by molar-refractivity contribution is 0.127. The highest BCUT2D eigenvalue weighted by Crippen LogP contribution is 2.37. The number of rotatable bonds is 3. The molecule has 33 heavy (non-hydrogen) atoms. The Morgan fingerprint density at radius 3 is 2.36 bits per heavy atom. The number of phenolic OH excluding ortho intramolecular Hbond substituents is 1. The molecule has 3 aromatic heterocycles. The van der Waals surface area contributed by atoms with Gasteiger partial charge in [-0.2, -0.15) is 0 Å². The highest BCUT2D eigenvalue weighted by molar-refractivity contribution is 5.79. The van der Waals surface area contributed by atoms with Crippen LogP contribution in [0.25, 0.3) is 33.5 Å². The topological polar surface area (TPSA) is 102 Å². The molecular formula is C25H29N7O. The number of pyridine rings is 1. The number of phenols is 1. The molecule has 1 aliphatic heterocycles. The maximum absolute atomic E-state index is 10.7. The van der Waals surface area contributed by atoms with E-state index < -0.39 is 0 Å². The van der Waals surface area contributed by atoms with Crippen LogP contribution in [0.3, 0.4) is 0 Å². The molecule has 8 heteroatoms. The molecule has 1 aromatic carbocycles. The van der Waals surface area contributed by atoms with Gasteiger partial charge in [-0.05, 0) is 88.9 Å². The number of aryl methyl sites for hydroxylation is 1. The summed E-state index contributed by atoms with van der Waals surface area (Å²) in [6, 6.07) is 11.5. The van der Waals surface area contributed by atoms with Gasteiger partial charge in [-0.3, -0.25) is 4.98 Å². The number of aromatic hydroxyl groups is 1. The Labute approximate surface area is 193 Å². The molecule has 2 N–H and O–H groups in total. The van der Waals surface area contributed by atoms with E-state index in [1.54, 1.807) is 12.3 Å². The summed E-state index contributed by atoms with van der Waals surface area (Å²) in [7, 11) is 0. The van der Waals surface area contributed by atoms with Crippen LogP contribution >= 0.6 is 0 Å². The third-order valence-electron chi connectivity index (χ3n) is 6.24. The van der Waals surface area contributed by atoms with Crippen molar-refractivity contribution in [2.24, 2.45) is 0 Å². The highest BCUT2D eigenvalue weighted by atomic mass is 16.3. The zero-order valence-electron chi connectivity index (χ0n) is 19.7. The monoisotopic (exact) mass is 443 g/mol. The third kappa shape index (κ3) is 4.18. The summed E-state index contributed by atoms with van der Waals surface area (Å²) in [5.41, 5.74) is 5.32. The maximum Gasteiger partial charge on any atom is 0.201 e. The first-order valence-electron chi connectivity index (χ1n) is 11.2. The first-order chi connectivity index (χ1) is 15.6. The molecule has 1 aliphatic rings. The molecular weight excluding hydrogens is 414 g/mol. The zero-order valence-corrected chi connectivity index (χ0v) is 19.7. The van der Waals surface area contributed by atoms with Gasteiger partial charge in [0, 0.05) is 28.5 Å². The minimum atomic E-state index is -0.0149. The summed E-state index contributed by atoms with van der Waals surface area (Å²) >= 11 is 0. The van der Waals surface area contributed by atoms with Crippen molar-refractivity contribution in [2.45, 2.75) is 64.6 Å². The summed E-state index contributed by atoms with van der Waals surface area (Å²) in [6.07, 6.45) is 3.62. The summed E-state index contributed by atoms with van der Waals surface area (Å²) in [5, 5.41) is 32.1. The molecule has 0 aliphatic carbocycles. The van der Waals surface area contributed by atoms with Crippen LogP contribution in [0.15, 0.2) is 42.6 Å². The molecule has 5 rings (SSSR count). The lowest BCUT2D eigenvalue weighted by Gasteiger charge is -2.46. The second-order valence-corrected chi connectivity index (χ2v) is 10.3. The number of fused-ring (bicyclic) bond motifs is 1. The van der Waals surface area contributed by atoms with Crippen LogP contribution < -0.4 is 5.32 Å². The molecule has 0 amide bonds. The predicted octanol–water partition coefficient (Wildman–Crippen LogP) is 4.45. The average Bonchev–Trinajstić information content (AvgIpc) is 3.15.